The summed E-state index contributed by atoms with van der Waals surface area (Å²) in [4.78, 5) is 15.5. The van der Waals surface area contributed by atoms with E-state index < -0.39 is 0 Å². The molecular weight excluding hydrogens is 332 g/mol. The van der Waals surface area contributed by atoms with Crippen LogP contribution in [0.5, 0.6) is 5.75 Å². The van der Waals surface area contributed by atoms with Crippen molar-refractivity contribution in [2.45, 2.75) is 25.0 Å². The number of carbonyl (C=O) groups is 1. The Balaban J connectivity index is 1.42. The van der Waals surface area contributed by atoms with Crippen LogP contribution in [0.1, 0.15) is 18.4 Å². The average Bonchev–Trinajstić information content (AvgIpc) is 3.02. The molecule has 2 aliphatic rings. The Morgan fingerprint density at radius 2 is 2.04 bits per heavy atom. The van der Waals surface area contributed by atoms with Gasteiger partial charge in [-0.2, -0.15) is 0 Å². The number of carbonyl (C=O) groups excluding carboxylic acids is 1. The smallest absolute Gasteiger partial charge is 0.248 e. The maximum atomic E-state index is 11.6. The van der Waals surface area contributed by atoms with Crippen LogP contribution in [-0.4, -0.2) is 75.4 Å². The zero-order valence-corrected chi connectivity index (χ0v) is 16.1. The molecule has 1 aromatic carbocycles. The molecule has 0 aliphatic carbocycles. The van der Waals surface area contributed by atoms with E-state index in [1.807, 2.05) is 12.1 Å². The van der Waals surface area contributed by atoms with Gasteiger partial charge in [0.2, 0.25) is 5.91 Å². The van der Waals surface area contributed by atoms with Crippen LogP contribution in [0.15, 0.2) is 24.3 Å². The Labute approximate surface area is 156 Å². The van der Waals surface area contributed by atoms with Gasteiger partial charge in [-0.1, -0.05) is 12.1 Å². The minimum absolute atomic E-state index is 0.0108. The molecule has 2 fully saturated rings. The van der Waals surface area contributed by atoms with Crippen molar-refractivity contribution in [1.29, 1.82) is 0 Å². The number of nitrogens with zero attached hydrogens (tertiary/aromatic N) is 2. The second-order valence-corrected chi connectivity index (χ2v) is 7.52. The van der Waals surface area contributed by atoms with Crippen molar-refractivity contribution in [3.8, 4) is 5.75 Å². The molecule has 2 heterocycles. The van der Waals surface area contributed by atoms with Crippen LogP contribution in [0.3, 0.4) is 0 Å². The molecule has 0 N–H and O–H groups in total. The molecule has 1 amide bonds. The Kier molecular flexibility index (Phi) is 6.16. The average molecular weight is 362 g/mol. The van der Waals surface area contributed by atoms with Gasteiger partial charge in [0.05, 0.1) is 12.7 Å². The Morgan fingerprint density at radius 1 is 1.31 bits per heavy atom. The number of methoxy groups -OCH3 is 1. The molecular formula is C20H30N2O4. The van der Waals surface area contributed by atoms with Crippen LogP contribution in [0, 0.1) is 5.92 Å². The van der Waals surface area contributed by atoms with Crippen molar-refractivity contribution in [3.05, 3.63) is 29.8 Å². The predicted molar refractivity (Wildman–Crippen MR) is 99.2 cm³/mol. The van der Waals surface area contributed by atoms with E-state index in [-0.39, 0.29) is 18.1 Å². The lowest BCUT2D eigenvalue weighted by Crippen LogP contribution is -2.64. The van der Waals surface area contributed by atoms with Crippen molar-refractivity contribution >= 4 is 5.91 Å². The molecule has 0 unspecified atom stereocenters. The lowest BCUT2D eigenvalue weighted by Gasteiger charge is -2.50. The third-order valence-electron chi connectivity index (χ3n) is 5.48. The first-order valence-corrected chi connectivity index (χ1v) is 9.29. The Hall–Kier alpha value is -1.63. The Morgan fingerprint density at radius 3 is 2.69 bits per heavy atom. The van der Waals surface area contributed by atoms with Crippen LogP contribution in [0.4, 0.5) is 0 Å². The molecule has 6 heteroatoms. The molecule has 0 radical (unpaired) electrons. The highest BCUT2D eigenvalue weighted by molar-refractivity contribution is 5.76. The van der Waals surface area contributed by atoms with Crippen LogP contribution in [-0.2, 0) is 20.8 Å². The van der Waals surface area contributed by atoms with E-state index in [0.29, 0.717) is 12.5 Å². The first-order chi connectivity index (χ1) is 12.5. The van der Waals surface area contributed by atoms with Crippen molar-refractivity contribution in [2.75, 3.05) is 54.1 Å². The van der Waals surface area contributed by atoms with Crippen LogP contribution >= 0.6 is 0 Å². The van der Waals surface area contributed by atoms with E-state index in [4.69, 9.17) is 14.2 Å². The third-order valence-corrected chi connectivity index (χ3v) is 5.48. The number of amides is 1. The van der Waals surface area contributed by atoms with Crippen LogP contribution in [0.25, 0.3) is 0 Å². The number of hydrogen-bond donors (Lipinski definition) is 0. The second kappa shape index (κ2) is 8.37. The molecule has 0 saturated carbocycles. The van der Waals surface area contributed by atoms with Gasteiger partial charge in [-0.15, -0.1) is 0 Å². The van der Waals surface area contributed by atoms with Gasteiger partial charge in [0.15, 0.2) is 0 Å². The monoisotopic (exact) mass is 362 g/mol. The lowest BCUT2D eigenvalue weighted by atomic mass is 9.79. The van der Waals surface area contributed by atoms with Crippen LogP contribution in [0.2, 0.25) is 0 Å². The van der Waals surface area contributed by atoms with Gasteiger partial charge in [0, 0.05) is 46.9 Å². The largest absolute Gasteiger partial charge is 0.497 e. The van der Waals surface area contributed by atoms with E-state index in [0.717, 1.165) is 44.8 Å². The van der Waals surface area contributed by atoms with Crippen LogP contribution < -0.4 is 4.74 Å². The summed E-state index contributed by atoms with van der Waals surface area (Å²) < 4.78 is 16.9. The number of rotatable bonds is 8. The molecule has 2 aliphatic heterocycles. The summed E-state index contributed by atoms with van der Waals surface area (Å²) in [6.07, 6.45) is 2.04. The van der Waals surface area contributed by atoms with Gasteiger partial charge in [-0.3, -0.25) is 9.69 Å². The minimum Gasteiger partial charge on any atom is -0.497 e. The highest BCUT2D eigenvalue weighted by atomic mass is 16.5. The van der Waals surface area contributed by atoms with E-state index in [1.165, 1.54) is 5.56 Å². The summed E-state index contributed by atoms with van der Waals surface area (Å²) in [5.41, 5.74) is 1.28. The van der Waals surface area contributed by atoms with Gasteiger partial charge in [0.1, 0.15) is 12.4 Å². The SMILES string of the molecule is COc1ccc(CN2CC3(C2)OCC[C@@H]3CCOCC(=O)N(C)C)cc1. The standard InChI is InChI=1S/C20H30N2O4/c1-21(2)19(23)13-25-10-8-17-9-11-26-20(17)14-22(15-20)12-16-4-6-18(24-3)7-5-16/h4-7,17H,8-15H2,1-3H3/t17-/m0/s1. The van der Waals surface area contributed by atoms with Gasteiger partial charge >= 0.3 is 0 Å². The summed E-state index contributed by atoms with van der Waals surface area (Å²) in [7, 11) is 5.18. The number of benzene rings is 1. The number of hydrogen-bond acceptors (Lipinski definition) is 5. The molecule has 3 rings (SSSR count). The first kappa shape index (κ1) is 19.1. The molecule has 26 heavy (non-hydrogen) atoms. The van der Waals surface area contributed by atoms with E-state index in [9.17, 15) is 4.79 Å². The van der Waals surface area contributed by atoms with Crippen molar-refractivity contribution in [3.63, 3.8) is 0 Å². The van der Waals surface area contributed by atoms with Crippen molar-refractivity contribution < 1.29 is 19.0 Å². The summed E-state index contributed by atoms with van der Waals surface area (Å²) in [6, 6.07) is 8.25. The molecule has 1 spiro atoms. The number of likely N-dealkylation sites (N-methyl/N-ethyl adjacent to an activating group) is 1. The molecule has 144 valence electrons. The predicted octanol–water partition coefficient (Wildman–Crippen LogP) is 1.78. The Bertz CT molecular complexity index is 596. The topological polar surface area (TPSA) is 51.2 Å². The zero-order chi connectivity index (χ0) is 18.6. The van der Waals surface area contributed by atoms with E-state index >= 15 is 0 Å². The lowest BCUT2D eigenvalue weighted by molar-refractivity contribution is -0.141. The highest BCUT2D eigenvalue weighted by Gasteiger charge is 2.52. The fourth-order valence-electron chi connectivity index (χ4n) is 3.87. The molecule has 0 bridgehead atoms. The summed E-state index contributed by atoms with van der Waals surface area (Å²) in [6.45, 7) is 4.50. The summed E-state index contributed by atoms with van der Waals surface area (Å²) in [5.74, 6) is 1.42. The summed E-state index contributed by atoms with van der Waals surface area (Å²) in [5, 5.41) is 0. The number of ether oxygens (including phenoxy) is 3. The minimum atomic E-state index is -0.0125. The van der Waals surface area contributed by atoms with Crippen molar-refractivity contribution in [1.82, 2.24) is 9.80 Å². The molecule has 0 aromatic heterocycles. The molecule has 2 saturated heterocycles. The summed E-state index contributed by atoms with van der Waals surface area (Å²) >= 11 is 0. The molecule has 1 aromatic rings. The van der Waals surface area contributed by atoms with Gasteiger partial charge in [0.25, 0.3) is 0 Å². The third kappa shape index (κ3) is 4.37. The molecule has 1 atom stereocenters. The van der Waals surface area contributed by atoms with Gasteiger partial charge in [-0.25, -0.2) is 0 Å². The highest BCUT2D eigenvalue weighted by Crippen LogP contribution is 2.42. The second-order valence-electron chi connectivity index (χ2n) is 7.52. The van der Waals surface area contributed by atoms with E-state index in [2.05, 4.69) is 17.0 Å². The fourth-order valence-corrected chi connectivity index (χ4v) is 3.87. The van der Waals surface area contributed by atoms with Crippen molar-refractivity contribution in [2.24, 2.45) is 5.92 Å². The number of likely N-dealkylation sites (tertiary alicyclic amines) is 1. The first-order valence-electron chi connectivity index (χ1n) is 9.29. The zero-order valence-electron chi connectivity index (χ0n) is 16.1. The normalized spacial score (nSPS) is 21.6. The van der Waals surface area contributed by atoms with E-state index in [1.54, 1.807) is 26.1 Å². The van der Waals surface area contributed by atoms with Gasteiger partial charge < -0.3 is 19.1 Å². The quantitative estimate of drug-likeness (QED) is 0.660. The maximum absolute atomic E-state index is 11.6. The fraction of sp³-hybridized carbons (Fsp3) is 0.650. The maximum Gasteiger partial charge on any atom is 0.248 e. The molecule has 6 nitrogen and oxygen atoms in total. The van der Waals surface area contributed by atoms with Gasteiger partial charge in [-0.05, 0) is 36.5 Å².